The lowest BCUT2D eigenvalue weighted by atomic mass is 9.88. The lowest BCUT2D eigenvalue weighted by molar-refractivity contribution is -0.141. The quantitative estimate of drug-likeness (QED) is 0.797. The number of anilines is 1. The van der Waals surface area contributed by atoms with Gasteiger partial charge in [-0.25, -0.2) is 13.6 Å². The molecule has 148 valence electrons. The van der Waals surface area contributed by atoms with Crippen molar-refractivity contribution in [3.05, 3.63) is 29.8 Å². The van der Waals surface area contributed by atoms with Crippen LogP contribution in [0.25, 0.3) is 0 Å². The van der Waals surface area contributed by atoms with Crippen molar-refractivity contribution >= 4 is 27.5 Å². The molecule has 1 saturated heterocycles. The van der Waals surface area contributed by atoms with E-state index in [1.807, 2.05) is 0 Å². The second-order valence-electron chi connectivity index (χ2n) is 7.52. The molecule has 2 aliphatic rings. The van der Waals surface area contributed by atoms with Gasteiger partial charge in [0.25, 0.3) is 0 Å². The van der Waals surface area contributed by atoms with E-state index in [-0.39, 0.29) is 23.5 Å². The van der Waals surface area contributed by atoms with Crippen molar-refractivity contribution in [1.82, 2.24) is 4.90 Å². The average Bonchev–Trinajstić information content (AvgIpc) is 3.12. The first kappa shape index (κ1) is 19.8. The Morgan fingerprint density at radius 2 is 1.70 bits per heavy atom. The molecule has 2 amide bonds. The Labute approximate surface area is 160 Å². The highest BCUT2D eigenvalue weighted by Gasteiger charge is 2.37. The minimum atomic E-state index is -3.59. The number of primary sulfonamides is 1. The molecule has 8 heteroatoms. The van der Waals surface area contributed by atoms with E-state index >= 15 is 0 Å². The van der Waals surface area contributed by atoms with Crippen LogP contribution < -0.4 is 10.5 Å². The molecule has 0 aromatic heterocycles. The maximum Gasteiger partial charge on any atom is 0.247 e. The molecule has 1 heterocycles. The van der Waals surface area contributed by atoms with Gasteiger partial charge in [-0.3, -0.25) is 9.59 Å². The zero-order chi connectivity index (χ0) is 19.4. The van der Waals surface area contributed by atoms with Crippen LogP contribution in [0.1, 0.15) is 50.5 Å². The summed E-state index contributed by atoms with van der Waals surface area (Å²) < 4.78 is 22.3. The minimum Gasteiger partial charge on any atom is -0.330 e. The number of likely N-dealkylation sites (tertiary alicyclic amines) is 1. The van der Waals surface area contributed by atoms with Crippen LogP contribution in [0.2, 0.25) is 0 Å². The summed E-state index contributed by atoms with van der Waals surface area (Å²) >= 11 is 0. The van der Waals surface area contributed by atoms with Crippen molar-refractivity contribution in [1.29, 1.82) is 0 Å². The highest BCUT2D eigenvalue weighted by molar-refractivity contribution is 7.88. The summed E-state index contributed by atoms with van der Waals surface area (Å²) in [5.41, 5.74) is 1.14. The second kappa shape index (κ2) is 8.39. The van der Waals surface area contributed by atoms with Gasteiger partial charge in [0.15, 0.2) is 0 Å². The molecule has 0 bridgehead atoms. The number of nitrogens with zero attached hydrogens (tertiary/aromatic N) is 1. The first-order chi connectivity index (χ1) is 12.8. The third kappa shape index (κ3) is 5.29. The number of benzene rings is 1. The topological polar surface area (TPSA) is 110 Å². The number of rotatable bonds is 5. The number of nitrogens with two attached hydrogens (primary N) is 1. The van der Waals surface area contributed by atoms with Gasteiger partial charge in [0.05, 0.1) is 5.75 Å². The van der Waals surface area contributed by atoms with E-state index in [2.05, 4.69) is 5.32 Å². The molecule has 1 saturated carbocycles. The van der Waals surface area contributed by atoms with Crippen molar-refractivity contribution in [2.75, 3.05) is 11.9 Å². The monoisotopic (exact) mass is 393 g/mol. The van der Waals surface area contributed by atoms with Gasteiger partial charge in [0.1, 0.15) is 6.04 Å². The van der Waals surface area contributed by atoms with Crippen molar-refractivity contribution in [2.24, 2.45) is 11.1 Å². The van der Waals surface area contributed by atoms with Crippen molar-refractivity contribution in [2.45, 2.75) is 56.7 Å². The van der Waals surface area contributed by atoms with Gasteiger partial charge in [-0.1, -0.05) is 31.4 Å². The van der Waals surface area contributed by atoms with Crippen LogP contribution in [0.5, 0.6) is 0 Å². The smallest absolute Gasteiger partial charge is 0.247 e. The zero-order valence-corrected chi connectivity index (χ0v) is 16.2. The third-order valence-corrected chi connectivity index (χ3v) is 6.12. The largest absolute Gasteiger partial charge is 0.330 e. The minimum absolute atomic E-state index is 0.0599. The van der Waals surface area contributed by atoms with Gasteiger partial charge in [-0.2, -0.15) is 0 Å². The van der Waals surface area contributed by atoms with E-state index in [1.54, 1.807) is 29.2 Å². The Bertz CT molecular complexity index is 786. The van der Waals surface area contributed by atoms with Gasteiger partial charge in [0, 0.05) is 18.2 Å². The highest BCUT2D eigenvalue weighted by atomic mass is 32.2. The van der Waals surface area contributed by atoms with Gasteiger partial charge < -0.3 is 10.2 Å². The summed E-state index contributed by atoms with van der Waals surface area (Å²) in [6.07, 6.45) is 6.73. The van der Waals surface area contributed by atoms with Crippen LogP contribution in [0, 0.1) is 5.92 Å². The van der Waals surface area contributed by atoms with Crippen LogP contribution in [0.4, 0.5) is 5.69 Å². The summed E-state index contributed by atoms with van der Waals surface area (Å²) in [7, 11) is -3.59. The van der Waals surface area contributed by atoms with Crippen LogP contribution in [0.3, 0.4) is 0 Å². The first-order valence-corrected chi connectivity index (χ1v) is 11.3. The van der Waals surface area contributed by atoms with E-state index < -0.39 is 16.1 Å². The Kier molecular flexibility index (Phi) is 6.16. The Balaban J connectivity index is 1.61. The number of carbonyl (C=O) groups is 2. The number of hydrogen-bond donors (Lipinski definition) is 2. The molecule has 1 aromatic rings. The highest BCUT2D eigenvalue weighted by Crippen LogP contribution is 2.29. The van der Waals surface area contributed by atoms with Gasteiger partial charge in [-0.15, -0.1) is 0 Å². The SMILES string of the molecule is NS(=O)(=O)Cc1ccc(NC(=O)C2CCCN2C(=O)C2CCCCC2)cc1. The summed E-state index contributed by atoms with van der Waals surface area (Å²) in [5.74, 6) is -0.246. The van der Waals surface area contributed by atoms with Gasteiger partial charge >= 0.3 is 0 Å². The molecule has 0 spiro atoms. The summed E-state index contributed by atoms with van der Waals surface area (Å²) in [4.78, 5) is 27.3. The number of nitrogens with one attached hydrogen (secondary N) is 1. The number of amides is 2. The number of hydrogen-bond acceptors (Lipinski definition) is 4. The lowest BCUT2D eigenvalue weighted by Gasteiger charge is -2.30. The Morgan fingerprint density at radius 3 is 2.33 bits per heavy atom. The second-order valence-corrected chi connectivity index (χ2v) is 9.13. The van der Waals surface area contributed by atoms with E-state index in [0.717, 1.165) is 32.1 Å². The van der Waals surface area contributed by atoms with E-state index in [1.165, 1.54) is 6.42 Å². The van der Waals surface area contributed by atoms with E-state index in [9.17, 15) is 18.0 Å². The fraction of sp³-hybridized carbons (Fsp3) is 0.579. The molecule has 1 aliphatic heterocycles. The molecule has 27 heavy (non-hydrogen) atoms. The zero-order valence-electron chi connectivity index (χ0n) is 15.4. The maximum atomic E-state index is 12.8. The Hall–Kier alpha value is -1.93. The van der Waals surface area contributed by atoms with Crippen LogP contribution in [-0.4, -0.2) is 37.7 Å². The Morgan fingerprint density at radius 1 is 1.04 bits per heavy atom. The fourth-order valence-electron chi connectivity index (χ4n) is 4.03. The fourth-order valence-corrected chi connectivity index (χ4v) is 4.69. The molecular formula is C19H27N3O4S. The summed E-state index contributed by atoms with van der Waals surface area (Å²) in [6, 6.07) is 6.13. The van der Waals surface area contributed by atoms with E-state index in [4.69, 9.17) is 5.14 Å². The summed E-state index contributed by atoms with van der Waals surface area (Å²) in [5, 5.41) is 7.89. The number of carbonyl (C=O) groups excluding carboxylic acids is 2. The first-order valence-electron chi connectivity index (χ1n) is 9.54. The molecule has 1 aliphatic carbocycles. The van der Waals surface area contributed by atoms with E-state index in [0.29, 0.717) is 24.2 Å². The molecule has 3 rings (SSSR count). The predicted octanol–water partition coefficient (Wildman–Crippen LogP) is 1.98. The maximum absolute atomic E-state index is 12.8. The molecule has 3 N–H and O–H groups in total. The van der Waals surface area contributed by atoms with Crippen LogP contribution >= 0.6 is 0 Å². The standard InChI is InChI=1S/C19H27N3O4S/c20-27(25,26)13-14-8-10-16(11-9-14)21-18(23)17-7-4-12-22(17)19(24)15-5-2-1-3-6-15/h8-11,15,17H,1-7,12-13H2,(H,21,23)(H2,20,25,26). The van der Waals surface area contributed by atoms with Crippen molar-refractivity contribution in [3.8, 4) is 0 Å². The summed E-state index contributed by atoms with van der Waals surface area (Å²) in [6.45, 7) is 0.640. The van der Waals surface area contributed by atoms with Crippen LogP contribution in [-0.2, 0) is 25.4 Å². The van der Waals surface area contributed by atoms with Crippen molar-refractivity contribution < 1.29 is 18.0 Å². The number of sulfonamides is 1. The normalized spacial score (nSPS) is 21.2. The van der Waals surface area contributed by atoms with Crippen molar-refractivity contribution in [3.63, 3.8) is 0 Å². The third-order valence-electron chi connectivity index (χ3n) is 5.38. The lowest BCUT2D eigenvalue weighted by Crippen LogP contribution is -2.46. The van der Waals surface area contributed by atoms with Crippen LogP contribution in [0.15, 0.2) is 24.3 Å². The molecule has 2 fully saturated rings. The van der Waals surface area contributed by atoms with Gasteiger partial charge in [-0.05, 0) is 43.4 Å². The molecule has 7 nitrogen and oxygen atoms in total. The molecule has 1 unspecified atom stereocenters. The molecular weight excluding hydrogens is 366 g/mol. The molecule has 0 radical (unpaired) electrons. The van der Waals surface area contributed by atoms with Gasteiger partial charge in [0.2, 0.25) is 21.8 Å². The molecule has 1 atom stereocenters. The molecule has 1 aromatic carbocycles. The predicted molar refractivity (Wildman–Crippen MR) is 103 cm³/mol. The average molecular weight is 394 g/mol.